The molecule has 8 heteroatoms. The van der Waals surface area contributed by atoms with Crippen molar-refractivity contribution in [2.75, 3.05) is 46.2 Å². The molecule has 0 atom stereocenters. The van der Waals surface area contributed by atoms with E-state index >= 15 is 0 Å². The predicted octanol–water partition coefficient (Wildman–Crippen LogP) is 0.0147. The number of carbonyl (C=O) groups is 1. The summed E-state index contributed by atoms with van der Waals surface area (Å²) in [7, 11) is 1.92. The number of aromatic nitrogens is 2. The van der Waals surface area contributed by atoms with Crippen molar-refractivity contribution < 1.29 is 23.9 Å². The van der Waals surface area contributed by atoms with Crippen molar-refractivity contribution in [3.63, 3.8) is 0 Å². The number of fused-ring (bicyclic) bond motifs is 1. The molecule has 28 heavy (non-hydrogen) atoms. The zero-order valence-corrected chi connectivity index (χ0v) is 16.4. The molecule has 1 amide bonds. The summed E-state index contributed by atoms with van der Waals surface area (Å²) >= 11 is 0. The number of nitrogens with one attached hydrogen (secondary N) is 1. The monoisotopic (exact) mass is 387 g/mol. The molecule has 2 aliphatic heterocycles. The van der Waals surface area contributed by atoms with E-state index in [0.29, 0.717) is 30.2 Å². The van der Waals surface area contributed by atoms with E-state index in [2.05, 4.69) is 5.10 Å². The lowest BCUT2D eigenvalue weighted by Gasteiger charge is -2.28. The minimum atomic E-state index is -0.00943. The summed E-state index contributed by atoms with van der Waals surface area (Å²) in [6, 6.07) is 7.41. The quantitative estimate of drug-likeness (QED) is 0.757. The van der Waals surface area contributed by atoms with Gasteiger partial charge in [-0.2, -0.15) is 5.10 Å². The number of ether oxygens (including phenoxy) is 3. The number of quaternary nitrogens is 1. The highest BCUT2D eigenvalue weighted by atomic mass is 16.7. The maximum Gasteiger partial charge on any atom is 0.254 e. The fourth-order valence-electron chi connectivity index (χ4n) is 3.68. The molecule has 0 saturated carbocycles. The summed E-state index contributed by atoms with van der Waals surface area (Å²) in [5.74, 6) is 1.30. The summed E-state index contributed by atoms with van der Waals surface area (Å²) in [5.41, 5.74) is 2.58. The van der Waals surface area contributed by atoms with Gasteiger partial charge in [0.25, 0.3) is 5.91 Å². The minimum absolute atomic E-state index is 0.00943. The van der Waals surface area contributed by atoms with Gasteiger partial charge < -0.3 is 24.0 Å². The van der Waals surface area contributed by atoms with Gasteiger partial charge >= 0.3 is 0 Å². The van der Waals surface area contributed by atoms with E-state index in [0.717, 1.165) is 44.2 Å². The third kappa shape index (κ3) is 4.13. The fourth-order valence-corrected chi connectivity index (χ4v) is 3.68. The average molecular weight is 387 g/mol. The van der Waals surface area contributed by atoms with Crippen LogP contribution in [0.25, 0.3) is 0 Å². The Labute approximate surface area is 164 Å². The van der Waals surface area contributed by atoms with Crippen LogP contribution in [0, 0.1) is 6.92 Å². The second kappa shape index (κ2) is 8.20. The van der Waals surface area contributed by atoms with Crippen LogP contribution in [0.2, 0.25) is 0 Å². The zero-order valence-electron chi connectivity index (χ0n) is 16.4. The van der Waals surface area contributed by atoms with E-state index in [-0.39, 0.29) is 12.7 Å². The fraction of sp³-hybridized carbons (Fsp3) is 0.500. The smallest absolute Gasteiger partial charge is 0.254 e. The first-order chi connectivity index (χ1) is 13.6. The standard InChI is InChI=1S/C20H26N4O4/c1-15-11-17(22(2)21-15)13-24(6-5-23-7-9-26-10-8-23)20(25)16-3-4-18-19(12-16)28-14-27-18/h3-4,11-12H,5-10,13-14H2,1-2H3/p+1. The number of benzene rings is 1. The third-order valence-electron chi connectivity index (χ3n) is 5.29. The van der Waals surface area contributed by atoms with Crippen LogP contribution in [0.3, 0.4) is 0 Å². The number of carbonyl (C=O) groups excluding carboxylic acids is 1. The van der Waals surface area contributed by atoms with E-state index in [1.54, 1.807) is 18.2 Å². The van der Waals surface area contributed by atoms with E-state index in [1.807, 2.05) is 29.6 Å². The van der Waals surface area contributed by atoms with Crippen LogP contribution in [0.15, 0.2) is 24.3 Å². The molecule has 1 N–H and O–H groups in total. The Bertz CT molecular complexity index is 845. The van der Waals surface area contributed by atoms with E-state index < -0.39 is 0 Å². The molecular formula is C20H27N4O4+. The van der Waals surface area contributed by atoms with Crippen molar-refractivity contribution in [1.82, 2.24) is 14.7 Å². The highest BCUT2D eigenvalue weighted by Gasteiger charge is 2.23. The Morgan fingerprint density at radius 3 is 2.75 bits per heavy atom. The van der Waals surface area contributed by atoms with Crippen molar-refractivity contribution in [1.29, 1.82) is 0 Å². The molecule has 150 valence electrons. The number of hydrogen-bond donors (Lipinski definition) is 1. The van der Waals surface area contributed by atoms with Gasteiger partial charge in [0.05, 0.1) is 44.2 Å². The molecule has 1 saturated heterocycles. The largest absolute Gasteiger partial charge is 0.454 e. The Kier molecular flexibility index (Phi) is 5.50. The summed E-state index contributed by atoms with van der Waals surface area (Å²) in [6.07, 6.45) is 0. The maximum absolute atomic E-state index is 13.3. The molecule has 3 heterocycles. The Balaban J connectivity index is 1.52. The number of morpholine rings is 1. The molecule has 1 fully saturated rings. The normalized spacial score (nSPS) is 16.4. The molecule has 0 bridgehead atoms. The zero-order chi connectivity index (χ0) is 19.5. The van der Waals surface area contributed by atoms with Gasteiger partial charge in [-0.25, -0.2) is 0 Å². The molecule has 2 aliphatic rings. The molecule has 0 unspecified atom stereocenters. The van der Waals surface area contributed by atoms with Gasteiger partial charge in [-0.3, -0.25) is 9.48 Å². The van der Waals surface area contributed by atoms with E-state index in [1.165, 1.54) is 4.90 Å². The summed E-state index contributed by atoms with van der Waals surface area (Å²) < 4.78 is 18.1. The molecule has 4 rings (SSSR count). The van der Waals surface area contributed by atoms with Crippen molar-refractivity contribution >= 4 is 5.91 Å². The van der Waals surface area contributed by atoms with Crippen LogP contribution >= 0.6 is 0 Å². The Morgan fingerprint density at radius 2 is 2.00 bits per heavy atom. The molecule has 2 aromatic rings. The average Bonchev–Trinajstić information content (AvgIpc) is 3.30. The van der Waals surface area contributed by atoms with Gasteiger partial charge in [0.1, 0.15) is 13.1 Å². The second-order valence-electron chi connectivity index (χ2n) is 7.31. The van der Waals surface area contributed by atoms with Crippen LogP contribution in [-0.4, -0.2) is 66.8 Å². The summed E-state index contributed by atoms with van der Waals surface area (Å²) in [6.45, 7) is 7.79. The predicted molar refractivity (Wildman–Crippen MR) is 102 cm³/mol. The molecule has 1 aromatic carbocycles. The van der Waals surface area contributed by atoms with Crippen molar-refractivity contribution in [2.45, 2.75) is 13.5 Å². The molecular weight excluding hydrogens is 360 g/mol. The van der Waals surface area contributed by atoms with Crippen LogP contribution in [0.4, 0.5) is 0 Å². The summed E-state index contributed by atoms with van der Waals surface area (Å²) in [4.78, 5) is 16.7. The molecule has 0 spiro atoms. The maximum atomic E-state index is 13.3. The number of aryl methyl sites for hydroxylation is 2. The molecule has 8 nitrogen and oxygen atoms in total. The van der Waals surface area contributed by atoms with Gasteiger partial charge in [0.2, 0.25) is 6.79 Å². The number of hydrogen-bond acceptors (Lipinski definition) is 5. The van der Waals surface area contributed by atoms with Crippen molar-refractivity contribution in [3.8, 4) is 11.5 Å². The van der Waals surface area contributed by atoms with Crippen LogP contribution in [0.1, 0.15) is 21.7 Å². The van der Waals surface area contributed by atoms with Crippen LogP contribution < -0.4 is 14.4 Å². The Hall–Kier alpha value is -2.58. The molecule has 0 radical (unpaired) electrons. The highest BCUT2D eigenvalue weighted by Crippen LogP contribution is 2.32. The molecule has 1 aromatic heterocycles. The lowest BCUT2D eigenvalue weighted by atomic mass is 10.1. The van der Waals surface area contributed by atoms with E-state index in [9.17, 15) is 4.79 Å². The van der Waals surface area contributed by atoms with Gasteiger partial charge in [-0.05, 0) is 31.2 Å². The highest BCUT2D eigenvalue weighted by molar-refractivity contribution is 5.95. The first kappa shape index (κ1) is 18.8. The van der Waals surface area contributed by atoms with Crippen molar-refractivity contribution in [3.05, 3.63) is 41.2 Å². The lowest BCUT2D eigenvalue weighted by molar-refractivity contribution is -0.907. The number of rotatable bonds is 6. The minimum Gasteiger partial charge on any atom is -0.454 e. The summed E-state index contributed by atoms with van der Waals surface area (Å²) in [5, 5.41) is 4.41. The van der Waals surface area contributed by atoms with Gasteiger partial charge in [-0.15, -0.1) is 0 Å². The SMILES string of the molecule is Cc1cc(CN(CC[NH+]2CCOCC2)C(=O)c2ccc3c(c2)OCO3)n(C)n1. The first-order valence-corrected chi connectivity index (χ1v) is 9.70. The second-order valence-corrected chi connectivity index (χ2v) is 7.31. The van der Waals surface area contributed by atoms with Crippen LogP contribution in [-0.2, 0) is 18.3 Å². The van der Waals surface area contributed by atoms with Gasteiger partial charge in [0, 0.05) is 12.6 Å². The number of nitrogens with zero attached hydrogens (tertiary/aromatic N) is 3. The van der Waals surface area contributed by atoms with E-state index in [4.69, 9.17) is 14.2 Å². The third-order valence-corrected chi connectivity index (χ3v) is 5.29. The van der Waals surface area contributed by atoms with Crippen molar-refractivity contribution in [2.24, 2.45) is 7.05 Å². The van der Waals surface area contributed by atoms with Gasteiger partial charge in [-0.1, -0.05) is 0 Å². The topological polar surface area (TPSA) is 70.3 Å². The van der Waals surface area contributed by atoms with Gasteiger partial charge in [0.15, 0.2) is 11.5 Å². The molecule has 0 aliphatic carbocycles. The number of amides is 1. The lowest BCUT2D eigenvalue weighted by Crippen LogP contribution is -3.14. The van der Waals surface area contributed by atoms with Crippen LogP contribution in [0.5, 0.6) is 11.5 Å². The first-order valence-electron chi connectivity index (χ1n) is 9.70. The Morgan fingerprint density at radius 1 is 1.21 bits per heavy atom.